The molecule has 0 saturated heterocycles. The second kappa shape index (κ2) is 13.0. The van der Waals surface area contributed by atoms with Gasteiger partial charge in [-0.05, 0) is 55.7 Å². The van der Waals surface area contributed by atoms with Crippen LogP contribution in [0.2, 0.25) is 15.1 Å². The van der Waals surface area contributed by atoms with Crippen LogP contribution in [0.3, 0.4) is 0 Å². The van der Waals surface area contributed by atoms with Crippen molar-refractivity contribution in [1.82, 2.24) is 0 Å². The van der Waals surface area contributed by atoms with Crippen molar-refractivity contribution in [3.8, 4) is 17.2 Å². The van der Waals surface area contributed by atoms with Gasteiger partial charge in [-0.15, -0.1) is 0 Å². The number of esters is 3. The molecule has 206 valence electrons. The minimum atomic E-state index is -0.803. The largest absolute Gasteiger partial charge is 0.422 e. The Bertz CT molecular complexity index is 1370. The maximum absolute atomic E-state index is 12.3. The van der Waals surface area contributed by atoms with E-state index >= 15 is 0 Å². The summed E-state index contributed by atoms with van der Waals surface area (Å²) < 4.78 is 16.3. The summed E-state index contributed by atoms with van der Waals surface area (Å²) in [6.45, 7) is 15.3. The summed E-state index contributed by atoms with van der Waals surface area (Å²) in [5.74, 6) is -2.53. The van der Waals surface area contributed by atoms with Crippen LogP contribution in [0, 0.1) is 0 Å². The fraction of sp³-hybridized carbons (Fsp3) is 0.129. The number of ether oxygens (including phenoxy) is 3. The number of hydrogen-bond acceptors (Lipinski definition) is 6. The van der Waals surface area contributed by atoms with E-state index in [1.807, 2.05) is 0 Å². The maximum Gasteiger partial charge on any atom is 0.338 e. The molecular weight excluding hydrogens is 575 g/mol. The van der Waals surface area contributed by atoms with Gasteiger partial charge in [0.2, 0.25) is 0 Å². The van der Waals surface area contributed by atoms with E-state index in [1.165, 1.54) is 39.0 Å². The molecule has 0 aromatic heterocycles. The van der Waals surface area contributed by atoms with E-state index in [9.17, 15) is 14.4 Å². The van der Waals surface area contributed by atoms with E-state index in [-0.39, 0.29) is 49.0 Å². The predicted octanol–water partition coefficient (Wildman–Crippen LogP) is 8.27. The molecule has 0 bridgehead atoms. The quantitative estimate of drug-likeness (QED) is 0.107. The van der Waals surface area contributed by atoms with Gasteiger partial charge in [-0.3, -0.25) is 0 Å². The molecule has 0 atom stereocenters. The highest BCUT2D eigenvalue weighted by Crippen LogP contribution is 2.47. The number of carbonyl (C=O) groups excluding carboxylic acids is 3. The minimum absolute atomic E-state index is 0.0825. The van der Waals surface area contributed by atoms with E-state index in [4.69, 9.17) is 49.0 Å². The zero-order valence-electron chi connectivity index (χ0n) is 22.0. The van der Waals surface area contributed by atoms with Crippen LogP contribution in [-0.2, 0) is 14.4 Å². The Morgan fingerprint density at radius 3 is 1.02 bits per heavy atom. The van der Waals surface area contributed by atoms with Crippen molar-refractivity contribution in [2.24, 2.45) is 0 Å². The van der Waals surface area contributed by atoms with E-state index in [0.29, 0.717) is 16.7 Å². The third-order valence-corrected chi connectivity index (χ3v) is 6.78. The monoisotopic (exact) mass is 598 g/mol. The Balaban J connectivity index is 2.29. The number of rotatable bonds is 9. The number of halogens is 3. The molecule has 0 aliphatic carbocycles. The van der Waals surface area contributed by atoms with Crippen LogP contribution in [0.5, 0.6) is 17.2 Å². The summed E-state index contributed by atoms with van der Waals surface area (Å²) >= 11 is 20.4. The van der Waals surface area contributed by atoms with Crippen molar-refractivity contribution in [2.75, 3.05) is 0 Å². The summed E-state index contributed by atoms with van der Waals surface area (Å²) in [6.07, 6.45) is 0. The molecular formula is C31H25Cl3O6. The summed E-state index contributed by atoms with van der Waals surface area (Å²) in [5, 5.41) is 0.300. The number of carbonyl (C=O) groups is 3. The first-order chi connectivity index (χ1) is 18.8. The topological polar surface area (TPSA) is 78.9 Å². The average Bonchev–Trinajstić information content (AvgIpc) is 2.89. The molecule has 3 rings (SSSR count). The summed E-state index contributed by atoms with van der Waals surface area (Å²) in [4.78, 5) is 36.8. The van der Waals surface area contributed by atoms with E-state index in [1.54, 1.807) is 36.4 Å². The molecule has 0 aliphatic rings. The minimum Gasteiger partial charge on any atom is -0.422 e. The molecule has 0 unspecified atom stereocenters. The normalized spacial score (nSPS) is 10.6. The molecule has 6 nitrogen and oxygen atoms in total. The molecule has 0 saturated carbocycles. The Kier molecular flexibility index (Phi) is 9.98. The Labute approximate surface area is 247 Å². The fourth-order valence-corrected chi connectivity index (χ4v) is 4.37. The molecule has 0 spiro atoms. The van der Waals surface area contributed by atoms with Crippen molar-refractivity contribution in [3.05, 3.63) is 123 Å². The molecule has 0 heterocycles. The Hall–Kier alpha value is -3.84. The fourth-order valence-electron chi connectivity index (χ4n) is 3.55. The maximum atomic E-state index is 12.3. The number of benzene rings is 3. The predicted molar refractivity (Wildman–Crippen MR) is 157 cm³/mol. The van der Waals surface area contributed by atoms with E-state index in [2.05, 4.69) is 19.7 Å². The standard InChI is InChI=1S/C31H25Cl3O6/c1-16(2)29(35)38-22-13-7-10-19(26(22)32)25(20-11-8-14-23(27(20)33)39-30(36)17(3)4)21-12-9-15-24(28(21)34)40-31(37)18(5)6/h7-15,25H,1,3,5H2,2,4,6H3. The lowest BCUT2D eigenvalue weighted by atomic mass is 9.84. The molecule has 0 N–H and O–H groups in total. The van der Waals surface area contributed by atoms with Crippen molar-refractivity contribution < 1.29 is 28.6 Å². The third kappa shape index (κ3) is 6.83. The van der Waals surface area contributed by atoms with Crippen LogP contribution < -0.4 is 14.2 Å². The molecule has 40 heavy (non-hydrogen) atoms. The third-order valence-electron chi connectivity index (χ3n) is 5.57. The van der Waals surface area contributed by atoms with E-state index < -0.39 is 23.8 Å². The van der Waals surface area contributed by atoms with Crippen LogP contribution in [0.1, 0.15) is 43.4 Å². The van der Waals surface area contributed by atoms with Gasteiger partial charge >= 0.3 is 17.9 Å². The van der Waals surface area contributed by atoms with Gasteiger partial charge in [0.05, 0.1) is 15.1 Å². The van der Waals surface area contributed by atoms with Gasteiger partial charge < -0.3 is 14.2 Å². The van der Waals surface area contributed by atoms with Gasteiger partial charge in [0.1, 0.15) is 17.2 Å². The molecule has 0 amide bonds. The lowest BCUT2D eigenvalue weighted by Crippen LogP contribution is -2.13. The zero-order chi connectivity index (χ0) is 29.7. The second-order valence-electron chi connectivity index (χ2n) is 8.92. The van der Waals surface area contributed by atoms with Gasteiger partial charge in [0.25, 0.3) is 0 Å². The van der Waals surface area contributed by atoms with Crippen LogP contribution in [0.25, 0.3) is 0 Å². The highest BCUT2D eigenvalue weighted by Gasteiger charge is 2.29. The highest BCUT2D eigenvalue weighted by molar-refractivity contribution is 6.35. The summed E-state index contributed by atoms with van der Waals surface area (Å²) in [6, 6.07) is 14.6. The Morgan fingerprint density at radius 2 is 0.800 bits per heavy atom. The molecule has 3 aromatic carbocycles. The SMILES string of the molecule is C=C(C)C(=O)Oc1cccc(C(c2cccc(OC(=O)C(=C)C)c2Cl)c2cccc(OC(=O)C(=C)C)c2Cl)c1Cl. The van der Waals surface area contributed by atoms with Crippen LogP contribution in [0.15, 0.2) is 91.1 Å². The molecule has 0 radical (unpaired) electrons. The molecule has 0 aliphatic heterocycles. The van der Waals surface area contributed by atoms with E-state index in [0.717, 1.165) is 0 Å². The number of hydrogen-bond donors (Lipinski definition) is 0. The van der Waals surface area contributed by atoms with Crippen LogP contribution >= 0.6 is 34.8 Å². The van der Waals surface area contributed by atoms with Crippen LogP contribution in [-0.4, -0.2) is 17.9 Å². The lowest BCUT2D eigenvalue weighted by molar-refractivity contribution is -0.130. The Morgan fingerprint density at radius 1 is 0.550 bits per heavy atom. The first-order valence-electron chi connectivity index (χ1n) is 11.8. The second-order valence-corrected chi connectivity index (χ2v) is 10.1. The zero-order valence-corrected chi connectivity index (χ0v) is 24.2. The molecule has 0 fully saturated rings. The van der Waals surface area contributed by atoms with Gasteiger partial charge in [-0.1, -0.05) is 90.9 Å². The summed E-state index contributed by atoms with van der Waals surface area (Å²) in [7, 11) is 0. The van der Waals surface area contributed by atoms with Gasteiger partial charge in [-0.25, -0.2) is 14.4 Å². The smallest absolute Gasteiger partial charge is 0.338 e. The van der Waals surface area contributed by atoms with Gasteiger partial charge in [-0.2, -0.15) is 0 Å². The highest BCUT2D eigenvalue weighted by atomic mass is 35.5. The summed E-state index contributed by atoms with van der Waals surface area (Å²) in [5.41, 5.74) is 1.90. The van der Waals surface area contributed by atoms with Crippen molar-refractivity contribution in [2.45, 2.75) is 26.7 Å². The van der Waals surface area contributed by atoms with Crippen molar-refractivity contribution >= 4 is 52.7 Å². The van der Waals surface area contributed by atoms with Crippen molar-refractivity contribution in [1.29, 1.82) is 0 Å². The molecule has 3 aromatic rings. The average molecular weight is 600 g/mol. The molecule has 9 heteroatoms. The van der Waals surface area contributed by atoms with Crippen LogP contribution in [0.4, 0.5) is 0 Å². The first-order valence-corrected chi connectivity index (χ1v) is 12.9. The van der Waals surface area contributed by atoms with Gasteiger partial charge in [0.15, 0.2) is 0 Å². The lowest BCUT2D eigenvalue weighted by Gasteiger charge is -2.24. The van der Waals surface area contributed by atoms with Gasteiger partial charge in [0, 0.05) is 22.6 Å². The first kappa shape index (κ1) is 30.7. The van der Waals surface area contributed by atoms with Crippen molar-refractivity contribution in [3.63, 3.8) is 0 Å².